The predicted octanol–water partition coefficient (Wildman–Crippen LogP) is 23.7. The number of aliphatic hydroxyl groups excluding tert-OH is 2. The van der Waals surface area contributed by atoms with Gasteiger partial charge in [-0.25, -0.2) is 0 Å². The minimum absolute atomic E-state index is 0.0148. The van der Waals surface area contributed by atoms with Crippen LogP contribution in [0.3, 0.4) is 0 Å². The number of hydrogen-bond donors (Lipinski definition) is 3. The zero-order valence-electron chi connectivity index (χ0n) is 54.3. The summed E-state index contributed by atoms with van der Waals surface area (Å²) in [7, 11) is 0. The van der Waals surface area contributed by atoms with Gasteiger partial charge < -0.3 is 20.3 Å². The number of rotatable bonds is 69. The Bertz CT molecular complexity index is 1250. The molecule has 0 aromatic rings. The van der Waals surface area contributed by atoms with E-state index in [0.717, 1.165) is 44.9 Å². The summed E-state index contributed by atoms with van der Waals surface area (Å²) in [5.41, 5.74) is 0. The summed E-state index contributed by atoms with van der Waals surface area (Å²) >= 11 is 0. The van der Waals surface area contributed by atoms with E-state index in [1.807, 2.05) is 0 Å². The van der Waals surface area contributed by atoms with Crippen LogP contribution in [-0.4, -0.2) is 47.4 Å². The Hall–Kier alpha value is -1.66. The van der Waals surface area contributed by atoms with Crippen molar-refractivity contribution in [3.05, 3.63) is 24.3 Å². The van der Waals surface area contributed by atoms with Crippen LogP contribution in [0.25, 0.3) is 0 Å². The first kappa shape index (κ1) is 78.3. The normalized spacial score (nSPS) is 12.6. The van der Waals surface area contributed by atoms with Gasteiger partial charge in [0.25, 0.3) is 0 Å². The van der Waals surface area contributed by atoms with E-state index in [2.05, 4.69) is 43.5 Å². The largest absolute Gasteiger partial charge is 0.466 e. The van der Waals surface area contributed by atoms with Crippen LogP contribution in [0.5, 0.6) is 0 Å². The molecule has 0 heterocycles. The summed E-state index contributed by atoms with van der Waals surface area (Å²) in [5.74, 6) is -0.0223. The molecule has 0 aromatic carbocycles. The van der Waals surface area contributed by atoms with Crippen LogP contribution in [-0.2, 0) is 14.3 Å². The van der Waals surface area contributed by atoms with Crippen molar-refractivity contribution in [1.29, 1.82) is 0 Å². The van der Waals surface area contributed by atoms with Crippen LogP contribution in [0.15, 0.2) is 24.3 Å². The molecule has 0 spiro atoms. The molecule has 0 aliphatic rings. The molecule has 1 amide bonds. The molecule has 6 heteroatoms. The summed E-state index contributed by atoms with van der Waals surface area (Å²) in [6.07, 6.45) is 88.0. The Morgan fingerprint density at radius 1 is 0.350 bits per heavy atom. The molecule has 0 aliphatic heterocycles. The maximum Gasteiger partial charge on any atom is 0.305 e. The van der Waals surface area contributed by atoms with Gasteiger partial charge in [0.15, 0.2) is 0 Å². The van der Waals surface area contributed by atoms with Gasteiger partial charge in [0.2, 0.25) is 5.91 Å². The van der Waals surface area contributed by atoms with Crippen LogP contribution < -0.4 is 5.32 Å². The topological polar surface area (TPSA) is 95.9 Å². The fraction of sp³-hybridized carbons (Fsp3) is 0.919. The van der Waals surface area contributed by atoms with Gasteiger partial charge in [-0.2, -0.15) is 0 Å². The predicted molar refractivity (Wildman–Crippen MR) is 352 cm³/mol. The van der Waals surface area contributed by atoms with Crippen LogP contribution in [0.2, 0.25) is 0 Å². The Kier molecular flexibility index (Phi) is 68.4. The number of hydrogen-bond acceptors (Lipinski definition) is 5. The maximum absolute atomic E-state index is 12.5. The number of aliphatic hydroxyl groups is 2. The molecule has 6 nitrogen and oxygen atoms in total. The first-order valence-corrected chi connectivity index (χ1v) is 36.6. The molecule has 0 fully saturated rings. The molecule has 0 bridgehead atoms. The number of ether oxygens (including phenoxy) is 1. The van der Waals surface area contributed by atoms with E-state index in [9.17, 15) is 19.8 Å². The van der Waals surface area contributed by atoms with Crippen molar-refractivity contribution in [2.24, 2.45) is 0 Å². The third-order valence-corrected chi connectivity index (χ3v) is 17.3. The van der Waals surface area contributed by atoms with E-state index >= 15 is 0 Å². The Morgan fingerprint density at radius 2 is 0.625 bits per heavy atom. The SMILES string of the molecule is CCCCCCCCCCCCCCCCCCCCCC(=O)OCCCCCCCCCCC/C=C\C/C=C\CCCCCCCCCCCC(=O)NC(CO)C(O)CCCCCCCCCCCCCCCCCCCCC. The lowest BCUT2D eigenvalue weighted by molar-refractivity contribution is -0.143. The van der Waals surface area contributed by atoms with Crippen LogP contribution in [0.4, 0.5) is 0 Å². The quantitative estimate of drug-likeness (QED) is 0.0320. The number of carbonyl (C=O) groups excluding carboxylic acids is 2. The van der Waals surface area contributed by atoms with Crippen molar-refractivity contribution in [2.45, 2.75) is 424 Å². The lowest BCUT2D eigenvalue weighted by atomic mass is 10.0. The molecule has 2 atom stereocenters. The highest BCUT2D eigenvalue weighted by Crippen LogP contribution is 2.19. The van der Waals surface area contributed by atoms with Gasteiger partial charge in [0.1, 0.15) is 0 Å². The molecule has 0 saturated heterocycles. The lowest BCUT2D eigenvalue weighted by Crippen LogP contribution is -2.45. The molecule has 3 N–H and O–H groups in total. The van der Waals surface area contributed by atoms with Crippen molar-refractivity contribution >= 4 is 11.9 Å². The Balaban J connectivity index is 3.40. The number of allylic oxidation sites excluding steroid dienone is 4. The molecule has 0 radical (unpaired) electrons. The number of carbonyl (C=O) groups is 2. The highest BCUT2D eigenvalue weighted by molar-refractivity contribution is 5.76. The van der Waals surface area contributed by atoms with Crippen molar-refractivity contribution in [1.82, 2.24) is 5.32 Å². The first-order valence-electron chi connectivity index (χ1n) is 36.6. The van der Waals surface area contributed by atoms with Crippen molar-refractivity contribution in [2.75, 3.05) is 13.2 Å². The van der Waals surface area contributed by atoms with Crippen LogP contribution in [0, 0.1) is 0 Å². The first-order chi connectivity index (χ1) is 39.5. The zero-order valence-corrected chi connectivity index (χ0v) is 54.3. The summed E-state index contributed by atoms with van der Waals surface area (Å²) in [6, 6.07) is -0.547. The second-order valence-corrected chi connectivity index (χ2v) is 25.3. The Labute approximate surface area is 501 Å². The standard InChI is InChI=1S/C74H143NO5/c1-3-5-7-9-11-13-15-17-19-21-30-34-38-42-46-50-54-58-62-66-72(77)71(70-76)75-73(78)67-63-59-55-51-47-43-39-35-32-28-26-24-23-25-27-29-33-37-41-45-49-53-57-61-65-69-80-74(79)68-64-60-56-52-48-44-40-36-31-22-20-18-16-14-12-10-8-6-4-2/h24-27,71-72,76-77H,3-23,28-70H2,1-2H3,(H,75,78)/b26-24-,27-25-. The molecular formula is C74H143NO5. The minimum atomic E-state index is -0.669. The molecule has 0 aliphatic carbocycles. The average molecular weight is 1130 g/mol. The highest BCUT2D eigenvalue weighted by Gasteiger charge is 2.20. The van der Waals surface area contributed by atoms with Crippen molar-refractivity contribution in [3.63, 3.8) is 0 Å². The summed E-state index contributed by atoms with van der Waals surface area (Å²) in [4.78, 5) is 24.7. The van der Waals surface area contributed by atoms with Gasteiger partial charge in [-0.15, -0.1) is 0 Å². The molecule has 0 rings (SSSR count). The van der Waals surface area contributed by atoms with Gasteiger partial charge in [0.05, 0.1) is 25.4 Å². The molecule has 474 valence electrons. The average Bonchev–Trinajstić information content (AvgIpc) is 3.46. The second-order valence-electron chi connectivity index (χ2n) is 25.3. The van der Waals surface area contributed by atoms with E-state index < -0.39 is 12.1 Å². The maximum atomic E-state index is 12.5. The van der Waals surface area contributed by atoms with Crippen molar-refractivity contribution < 1.29 is 24.5 Å². The summed E-state index contributed by atoms with van der Waals surface area (Å²) < 4.78 is 5.51. The zero-order chi connectivity index (χ0) is 57.8. The third-order valence-electron chi connectivity index (χ3n) is 17.3. The molecule has 80 heavy (non-hydrogen) atoms. The van der Waals surface area contributed by atoms with Crippen molar-refractivity contribution in [3.8, 4) is 0 Å². The molecule has 0 saturated carbocycles. The minimum Gasteiger partial charge on any atom is -0.466 e. The van der Waals surface area contributed by atoms with Gasteiger partial charge in [-0.1, -0.05) is 366 Å². The summed E-state index contributed by atoms with van der Waals surface area (Å²) in [5, 5.41) is 23.4. The van der Waals surface area contributed by atoms with Gasteiger partial charge in [0, 0.05) is 12.8 Å². The number of amides is 1. The van der Waals surface area contributed by atoms with E-state index in [1.54, 1.807) is 0 Å². The van der Waals surface area contributed by atoms with Gasteiger partial charge in [-0.05, 0) is 57.8 Å². The smallest absolute Gasteiger partial charge is 0.305 e. The monoisotopic (exact) mass is 1130 g/mol. The fourth-order valence-electron chi connectivity index (χ4n) is 11.7. The van der Waals surface area contributed by atoms with E-state index in [-0.39, 0.29) is 18.5 Å². The molecule has 2 unspecified atom stereocenters. The number of esters is 1. The van der Waals surface area contributed by atoms with E-state index in [0.29, 0.717) is 25.9 Å². The third kappa shape index (κ3) is 65.5. The van der Waals surface area contributed by atoms with Crippen LogP contribution >= 0.6 is 0 Å². The summed E-state index contributed by atoms with van der Waals surface area (Å²) in [6.45, 7) is 4.99. The molecule has 0 aromatic heterocycles. The van der Waals surface area contributed by atoms with Gasteiger partial charge in [-0.3, -0.25) is 9.59 Å². The molecular weight excluding hydrogens is 983 g/mol. The lowest BCUT2D eigenvalue weighted by Gasteiger charge is -2.22. The van der Waals surface area contributed by atoms with Gasteiger partial charge >= 0.3 is 5.97 Å². The fourth-order valence-corrected chi connectivity index (χ4v) is 11.7. The highest BCUT2D eigenvalue weighted by atomic mass is 16.5. The van der Waals surface area contributed by atoms with E-state index in [1.165, 1.54) is 334 Å². The Morgan fingerprint density at radius 3 is 0.950 bits per heavy atom. The number of nitrogens with one attached hydrogen (secondary N) is 1. The van der Waals surface area contributed by atoms with Crippen LogP contribution in [0.1, 0.15) is 412 Å². The van der Waals surface area contributed by atoms with E-state index in [4.69, 9.17) is 4.74 Å². The second kappa shape index (κ2) is 69.8. The number of unbranched alkanes of at least 4 members (excludes halogenated alkanes) is 54.